The van der Waals surface area contributed by atoms with E-state index < -0.39 is 0 Å². The first-order valence-electron chi connectivity index (χ1n) is 7.00. The lowest BCUT2D eigenvalue weighted by Gasteiger charge is -2.41. The molecule has 2 aliphatic rings. The topological polar surface area (TPSA) is 29.3 Å². The maximum atomic E-state index is 6.47. The molecule has 1 heterocycles. The van der Waals surface area contributed by atoms with E-state index in [9.17, 15) is 0 Å². The lowest BCUT2D eigenvalue weighted by atomic mass is 9.64. The molecular formula is C15H21ClN2. The highest BCUT2D eigenvalue weighted by Crippen LogP contribution is 2.44. The molecule has 2 N–H and O–H groups in total. The van der Waals surface area contributed by atoms with Crippen LogP contribution in [0.1, 0.15) is 37.7 Å². The van der Waals surface area contributed by atoms with Crippen molar-refractivity contribution in [2.24, 2.45) is 5.73 Å². The summed E-state index contributed by atoms with van der Waals surface area (Å²) in [7, 11) is 0. The van der Waals surface area contributed by atoms with Crippen molar-refractivity contribution >= 4 is 17.3 Å². The van der Waals surface area contributed by atoms with E-state index in [1.807, 2.05) is 0 Å². The van der Waals surface area contributed by atoms with Gasteiger partial charge in [-0.05, 0) is 43.4 Å². The number of halogens is 1. The van der Waals surface area contributed by atoms with Crippen LogP contribution in [0.25, 0.3) is 0 Å². The first kappa shape index (κ1) is 12.3. The second-order valence-corrected chi connectivity index (χ2v) is 6.11. The molecule has 98 valence electrons. The molecule has 18 heavy (non-hydrogen) atoms. The minimum Gasteiger partial charge on any atom is -0.370 e. The van der Waals surface area contributed by atoms with Crippen molar-refractivity contribution in [2.45, 2.75) is 37.5 Å². The molecule has 0 bridgehead atoms. The van der Waals surface area contributed by atoms with Crippen LogP contribution in [0, 0.1) is 0 Å². The molecule has 2 fully saturated rings. The average Bonchev–Trinajstić information content (AvgIpc) is 2.82. The van der Waals surface area contributed by atoms with Gasteiger partial charge < -0.3 is 10.6 Å². The lowest BCUT2D eigenvalue weighted by molar-refractivity contribution is 0.253. The molecule has 0 aromatic heterocycles. The van der Waals surface area contributed by atoms with Crippen molar-refractivity contribution in [3.8, 4) is 0 Å². The fraction of sp³-hybridized carbons (Fsp3) is 0.600. The van der Waals surface area contributed by atoms with Crippen molar-refractivity contribution in [2.75, 3.05) is 24.5 Å². The second-order valence-electron chi connectivity index (χ2n) is 5.70. The number of rotatable bonds is 3. The summed E-state index contributed by atoms with van der Waals surface area (Å²) < 4.78 is 0. The van der Waals surface area contributed by atoms with Crippen LogP contribution in [0.2, 0.25) is 5.02 Å². The largest absolute Gasteiger partial charge is 0.370 e. The lowest BCUT2D eigenvalue weighted by Crippen LogP contribution is -2.41. The van der Waals surface area contributed by atoms with Crippen molar-refractivity contribution < 1.29 is 0 Å². The second kappa shape index (κ2) is 4.75. The number of benzene rings is 1. The average molecular weight is 265 g/mol. The van der Waals surface area contributed by atoms with Crippen LogP contribution in [0.4, 0.5) is 5.69 Å². The molecule has 2 nitrogen and oxygen atoms in total. The van der Waals surface area contributed by atoms with Gasteiger partial charge in [-0.25, -0.2) is 0 Å². The minimum absolute atomic E-state index is 0.215. The Morgan fingerprint density at radius 1 is 1.17 bits per heavy atom. The van der Waals surface area contributed by atoms with Gasteiger partial charge in [-0.3, -0.25) is 0 Å². The molecule has 1 aromatic rings. The molecule has 0 unspecified atom stereocenters. The number of nitrogens with zero attached hydrogens (tertiary/aromatic N) is 1. The van der Waals surface area contributed by atoms with E-state index in [0.717, 1.165) is 24.7 Å². The Morgan fingerprint density at radius 3 is 2.39 bits per heavy atom. The van der Waals surface area contributed by atoms with Gasteiger partial charge in [0.2, 0.25) is 0 Å². The highest BCUT2D eigenvalue weighted by atomic mass is 35.5. The summed E-state index contributed by atoms with van der Waals surface area (Å²) in [6, 6.07) is 6.59. The van der Waals surface area contributed by atoms with Crippen molar-refractivity contribution in [1.29, 1.82) is 0 Å². The molecule has 1 aromatic carbocycles. The molecule has 0 spiro atoms. The van der Waals surface area contributed by atoms with Crippen molar-refractivity contribution in [3.05, 3.63) is 28.8 Å². The Balaban J connectivity index is 1.88. The standard InChI is InChI=1S/C15H21ClN2/c16-13-10-12(15(11-17)6-3-7-15)4-5-14(13)18-8-1-2-9-18/h4-5,10H,1-3,6-9,11,17H2. The SMILES string of the molecule is NCC1(c2ccc(N3CCCC3)c(Cl)c2)CCC1. The van der Waals surface area contributed by atoms with E-state index in [1.54, 1.807) is 0 Å². The maximum Gasteiger partial charge on any atom is 0.0642 e. The summed E-state index contributed by atoms with van der Waals surface area (Å²) in [5.74, 6) is 0. The van der Waals surface area contributed by atoms with Crippen LogP contribution in [0.3, 0.4) is 0 Å². The van der Waals surface area contributed by atoms with Gasteiger partial charge in [0.1, 0.15) is 0 Å². The van der Waals surface area contributed by atoms with E-state index in [-0.39, 0.29) is 5.41 Å². The summed E-state index contributed by atoms with van der Waals surface area (Å²) in [5, 5.41) is 0.897. The third-order valence-corrected chi connectivity index (χ3v) is 5.01. The summed E-state index contributed by atoms with van der Waals surface area (Å²) in [4.78, 5) is 2.39. The van der Waals surface area contributed by atoms with Crippen LogP contribution >= 0.6 is 11.6 Å². The third kappa shape index (κ3) is 1.92. The normalized spacial score (nSPS) is 22.0. The Bertz CT molecular complexity index is 429. The van der Waals surface area contributed by atoms with Crippen molar-refractivity contribution in [3.63, 3.8) is 0 Å². The van der Waals surface area contributed by atoms with E-state index >= 15 is 0 Å². The molecule has 3 rings (SSSR count). The monoisotopic (exact) mass is 264 g/mol. The van der Waals surface area contributed by atoms with E-state index in [0.29, 0.717) is 0 Å². The summed E-state index contributed by atoms with van der Waals surface area (Å²) >= 11 is 6.47. The summed E-state index contributed by atoms with van der Waals surface area (Å²) in [6.45, 7) is 3.02. The molecular weight excluding hydrogens is 244 g/mol. The predicted octanol–water partition coefficient (Wildman–Crippen LogP) is 3.32. The Hall–Kier alpha value is -0.730. The number of anilines is 1. The van der Waals surface area contributed by atoms with Crippen LogP contribution in [-0.4, -0.2) is 19.6 Å². The van der Waals surface area contributed by atoms with Gasteiger partial charge in [0.25, 0.3) is 0 Å². The highest BCUT2D eigenvalue weighted by Gasteiger charge is 2.37. The fourth-order valence-corrected chi connectivity index (χ4v) is 3.57. The van der Waals surface area contributed by atoms with Crippen LogP contribution < -0.4 is 10.6 Å². The zero-order chi connectivity index (χ0) is 12.6. The van der Waals surface area contributed by atoms with Gasteiger partial charge in [-0.15, -0.1) is 0 Å². The molecule has 1 saturated carbocycles. The summed E-state index contributed by atoms with van der Waals surface area (Å²) in [6.07, 6.45) is 6.28. The van der Waals surface area contributed by atoms with Crippen LogP contribution in [-0.2, 0) is 5.41 Å². The molecule has 0 atom stereocenters. The van der Waals surface area contributed by atoms with Crippen molar-refractivity contribution in [1.82, 2.24) is 0 Å². The zero-order valence-electron chi connectivity index (χ0n) is 10.8. The smallest absolute Gasteiger partial charge is 0.0642 e. The fourth-order valence-electron chi connectivity index (χ4n) is 3.27. The summed E-state index contributed by atoms with van der Waals surface area (Å²) in [5.41, 5.74) is 8.71. The van der Waals surface area contributed by atoms with Gasteiger partial charge >= 0.3 is 0 Å². The van der Waals surface area contributed by atoms with Gasteiger partial charge in [0.05, 0.1) is 10.7 Å². The first-order valence-corrected chi connectivity index (χ1v) is 7.38. The Kier molecular flexibility index (Phi) is 3.25. The van der Waals surface area contributed by atoms with Gasteiger partial charge in [-0.1, -0.05) is 24.1 Å². The Labute approximate surface area is 114 Å². The quantitative estimate of drug-likeness (QED) is 0.908. The first-order chi connectivity index (χ1) is 8.75. The molecule has 0 radical (unpaired) electrons. The van der Waals surface area contributed by atoms with E-state index in [2.05, 4.69) is 23.1 Å². The third-order valence-electron chi connectivity index (χ3n) is 4.71. The van der Waals surface area contributed by atoms with Gasteiger partial charge in [0.15, 0.2) is 0 Å². The Morgan fingerprint density at radius 2 is 1.89 bits per heavy atom. The van der Waals surface area contributed by atoms with E-state index in [4.69, 9.17) is 17.3 Å². The number of hydrogen-bond donors (Lipinski definition) is 1. The number of nitrogens with two attached hydrogens (primary N) is 1. The molecule has 0 amide bonds. The van der Waals surface area contributed by atoms with E-state index in [1.165, 1.54) is 43.4 Å². The molecule has 1 saturated heterocycles. The minimum atomic E-state index is 0.215. The highest BCUT2D eigenvalue weighted by molar-refractivity contribution is 6.33. The maximum absolute atomic E-state index is 6.47. The number of hydrogen-bond acceptors (Lipinski definition) is 2. The van der Waals surface area contributed by atoms with Crippen LogP contribution in [0.5, 0.6) is 0 Å². The molecule has 1 aliphatic carbocycles. The molecule has 1 aliphatic heterocycles. The van der Waals surface area contributed by atoms with Crippen LogP contribution in [0.15, 0.2) is 18.2 Å². The predicted molar refractivity (Wildman–Crippen MR) is 77.5 cm³/mol. The zero-order valence-corrected chi connectivity index (χ0v) is 11.5. The van der Waals surface area contributed by atoms with Gasteiger partial charge in [0, 0.05) is 25.0 Å². The van der Waals surface area contributed by atoms with Gasteiger partial charge in [-0.2, -0.15) is 0 Å². The molecule has 3 heteroatoms.